The predicted octanol–water partition coefficient (Wildman–Crippen LogP) is -1.36. The molecule has 2 rings (SSSR count). The van der Waals surface area contributed by atoms with Gasteiger partial charge >= 0.3 is 47.8 Å². The van der Waals surface area contributed by atoms with Gasteiger partial charge in [0.15, 0.2) is 12.6 Å². The lowest BCUT2D eigenvalue weighted by atomic mass is 9.96. The number of carbonyl (C=O) groups excluding carboxylic acids is 8. The molecule has 0 bridgehead atoms. The van der Waals surface area contributed by atoms with Gasteiger partial charge in [-0.25, -0.2) is 38.4 Å². The van der Waals surface area contributed by atoms with Crippen LogP contribution in [0.25, 0.3) is 0 Å². The van der Waals surface area contributed by atoms with Crippen molar-refractivity contribution in [2.75, 3.05) is 119 Å². The van der Waals surface area contributed by atoms with Gasteiger partial charge in [0.05, 0.1) is 66.1 Å². The van der Waals surface area contributed by atoms with Gasteiger partial charge in [-0.05, 0) is 55.4 Å². The average molecular weight is 1480 g/mol. The van der Waals surface area contributed by atoms with Crippen LogP contribution in [-0.2, 0) is 128 Å². The Hall–Kier alpha value is -7.08. The van der Waals surface area contributed by atoms with E-state index in [1.807, 2.05) is 0 Å². The van der Waals surface area contributed by atoms with E-state index in [4.69, 9.17) is 90.0 Å². The molecule has 103 heavy (non-hydrogen) atoms. The first-order valence-corrected chi connectivity index (χ1v) is 32.2. The van der Waals surface area contributed by atoms with E-state index >= 15 is 0 Å². The van der Waals surface area contributed by atoms with Crippen molar-refractivity contribution in [3.63, 3.8) is 0 Å². The summed E-state index contributed by atoms with van der Waals surface area (Å²) in [6.07, 6.45) is -31.6. The average Bonchev–Trinajstić information content (AvgIpc) is 0.773. The highest BCUT2D eigenvalue weighted by molar-refractivity contribution is 5.89. The van der Waals surface area contributed by atoms with Crippen molar-refractivity contribution >= 4 is 47.8 Å². The van der Waals surface area contributed by atoms with Gasteiger partial charge < -0.3 is 131 Å². The van der Waals surface area contributed by atoms with Gasteiger partial charge in [-0.2, -0.15) is 0 Å². The fourth-order valence-corrected chi connectivity index (χ4v) is 8.23. The van der Waals surface area contributed by atoms with Crippen LogP contribution in [0.5, 0.6) is 0 Å². The lowest BCUT2D eigenvalue weighted by Gasteiger charge is -2.50. The fourth-order valence-electron chi connectivity index (χ4n) is 8.23. The summed E-state index contributed by atoms with van der Waals surface area (Å²) in [4.78, 5) is 99.8. The Morgan fingerprint density at radius 3 is 0.612 bits per heavy atom. The topological polar surface area (TPSA) is 474 Å². The van der Waals surface area contributed by atoms with Crippen molar-refractivity contribution in [2.45, 2.75) is 166 Å². The van der Waals surface area contributed by atoms with Crippen LogP contribution in [0, 0.1) is 0 Å². The molecule has 0 aromatic carbocycles. The smallest absolute Gasteiger partial charge is 0.333 e. The molecule has 584 valence electrons. The molecule has 2 aliphatic rings. The quantitative estimate of drug-likeness (QED) is 0.0198. The Labute approximate surface area is 596 Å². The third-order valence-corrected chi connectivity index (χ3v) is 13.6. The largest absolute Gasteiger partial charge is 0.460 e. The lowest BCUT2D eigenvalue weighted by Crippen LogP contribution is -2.67. The van der Waals surface area contributed by atoms with E-state index in [2.05, 4.69) is 52.6 Å². The molecule has 0 aliphatic carbocycles. The number of esters is 8. The monoisotopic (exact) mass is 1480 g/mol. The number of aliphatic hydroxyl groups excluding tert-OH is 8. The van der Waals surface area contributed by atoms with E-state index in [9.17, 15) is 79.2 Å². The third-order valence-electron chi connectivity index (χ3n) is 13.6. The molecule has 2 heterocycles. The molecule has 0 radical (unpaired) electrons. The highest BCUT2D eigenvalue weighted by atomic mass is 16.8. The van der Waals surface area contributed by atoms with Crippen molar-refractivity contribution in [1.29, 1.82) is 0 Å². The zero-order valence-corrected chi connectivity index (χ0v) is 59.4. The molecular weight excluding hydrogens is 1380 g/mol. The summed E-state index contributed by atoms with van der Waals surface area (Å²) in [7, 11) is 0. The molecule has 0 saturated carbocycles. The molecule has 0 spiro atoms. The predicted molar refractivity (Wildman–Crippen MR) is 353 cm³/mol. The summed E-state index contributed by atoms with van der Waals surface area (Å²) in [5, 5.41) is 90.1. The van der Waals surface area contributed by atoms with Crippen LogP contribution in [0.4, 0.5) is 0 Å². The first kappa shape index (κ1) is 92.0. The Bertz CT molecular complexity index is 2670. The number of ether oxygens (including phenoxy) is 19. The first-order valence-electron chi connectivity index (χ1n) is 32.2. The van der Waals surface area contributed by atoms with Crippen molar-refractivity contribution in [3.05, 3.63) is 97.2 Å². The molecule has 2 aliphatic heterocycles. The zero-order valence-electron chi connectivity index (χ0n) is 59.4. The van der Waals surface area contributed by atoms with Crippen LogP contribution in [0.3, 0.4) is 0 Å². The fraction of sp³-hybridized carbons (Fsp3) is 0.647. The number of hydrogen-bond donors (Lipinski definition) is 8. The Morgan fingerprint density at radius 1 is 0.262 bits per heavy atom. The maximum atomic E-state index is 12.6. The second-order valence-corrected chi connectivity index (χ2v) is 24.3. The van der Waals surface area contributed by atoms with Gasteiger partial charge in [-0.3, -0.25) is 0 Å². The Kier molecular flexibility index (Phi) is 43.0. The number of aliphatic hydroxyl groups is 8. The molecule has 8 N–H and O–H groups in total. The summed E-state index contributed by atoms with van der Waals surface area (Å²) >= 11 is 0. The zero-order chi connectivity index (χ0) is 77.8. The molecule has 18 atom stereocenters. The maximum absolute atomic E-state index is 12.6. The molecule has 2 saturated heterocycles. The van der Waals surface area contributed by atoms with Gasteiger partial charge in [0.1, 0.15) is 151 Å². The van der Waals surface area contributed by atoms with Crippen molar-refractivity contribution < 1.29 is 169 Å². The van der Waals surface area contributed by atoms with Crippen molar-refractivity contribution in [1.82, 2.24) is 0 Å². The minimum atomic E-state index is -2.11. The van der Waals surface area contributed by atoms with Gasteiger partial charge in [0.25, 0.3) is 0 Å². The van der Waals surface area contributed by atoms with E-state index in [0.717, 1.165) is 0 Å². The Balaban J connectivity index is 3.23. The van der Waals surface area contributed by atoms with Gasteiger partial charge in [-0.15, -0.1) is 0 Å². The van der Waals surface area contributed by atoms with Crippen LogP contribution < -0.4 is 0 Å². The van der Waals surface area contributed by atoms with E-state index in [1.165, 1.54) is 55.4 Å². The standard InChI is InChI=1S/C68H102O35/c1-35(2)59(77)93-25-43(69)17-85-33-51-53(87-19-45(71)27-95-61(79)37(5)6)55(89-21-47(73)29-97-63(81)39(9)10)57(91-23-49(75)31-99-65(83)41(13)14)67(101-51)103-68-58(92-24-50(76)32-100-66(84)42(15)16)56(90-22-48(74)30-98-64(82)40(11)12)54(88-20-46(72)28-96-62(80)38(7)8)52(102-68)34-86-18-44(70)26-94-60(78)36(3)4/h43-58,67-76H,1,3,5,7,9,11,13,15,17-34H2,2,4,6,8,10,12,14,16H3/t43?,44?,45?,46?,47?,48?,49?,50?,51-,52-,53-,54-,55+,56+,57-,58-,67-,68-/m1/s1. The lowest BCUT2D eigenvalue weighted by molar-refractivity contribution is -0.394. The van der Waals surface area contributed by atoms with E-state index in [1.54, 1.807) is 0 Å². The normalized spacial score (nSPS) is 22.5. The summed E-state index contributed by atoms with van der Waals surface area (Å²) in [6.45, 7) is 25.8. The molecule has 0 aromatic heterocycles. The van der Waals surface area contributed by atoms with Gasteiger partial charge in [0.2, 0.25) is 0 Å². The SMILES string of the molecule is C=C(C)C(=O)OCC(O)COC[C@H]1O[C@H](O[C@H]2O[C@H](COCC(O)COC(=O)C(=C)C)[C@@H](OCC(O)COC(=O)C(=C)C)[C@H](OCC(O)COC(=O)C(=C)C)[C@H]2OCC(O)COC(=O)C(=C)C)[C@H](OCC(O)COC(=O)C(=C)C)[C@@H](OCC(O)COC(=O)C(=C)C)[C@@H]1OCC(O)COC(=O)C(=C)C. The summed E-state index contributed by atoms with van der Waals surface area (Å²) in [5.74, 6) is -7.19. The van der Waals surface area contributed by atoms with E-state index in [0.29, 0.717) is 0 Å². The molecule has 35 nitrogen and oxygen atoms in total. The van der Waals surface area contributed by atoms with Crippen LogP contribution in [0.2, 0.25) is 0 Å². The third kappa shape index (κ3) is 36.0. The molecule has 35 heteroatoms. The summed E-state index contributed by atoms with van der Waals surface area (Å²) in [6, 6.07) is 0. The molecule has 2 fully saturated rings. The van der Waals surface area contributed by atoms with Gasteiger partial charge in [0, 0.05) is 44.6 Å². The van der Waals surface area contributed by atoms with Crippen molar-refractivity contribution in [3.8, 4) is 0 Å². The second-order valence-electron chi connectivity index (χ2n) is 24.3. The second kappa shape index (κ2) is 48.1. The molecule has 0 amide bonds. The highest BCUT2D eigenvalue weighted by Crippen LogP contribution is 2.36. The first-order chi connectivity index (χ1) is 48.3. The van der Waals surface area contributed by atoms with E-state index < -0.39 is 277 Å². The number of rotatable bonds is 52. The van der Waals surface area contributed by atoms with Gasteiger partial charge in [-0.1, -0.05) is 52.6 Å². The molecular formula is C68H102O35. The minimum absolute atomic E-state index is 0.00214. The Morgan fingerprint density at radius 2 is 0.427 bits per heavy atom. The van der Waals surface area contributed by atoms with Crippen LogP contribution in [0.15, 0.2) is 97.2 Å². The highest BCUT2D eigenvalue weighted by Gasteiger charge is 2.55. The summed E-state index contributed by atoms with van der Waals surface area (Å²) < 4.78 is 112. The van der Waals surface area contributed by atoms with Crippen LogP contribution in [0.1, 0.15) is 55.4 Å². The van der Waals surface area contributed by atoms with Crippen LogP contribution >= 0.6 is 0 Å². The molecule has 0 aromatic rings. The minimum Gasteiger partial charge on any atom is -0.460 e. The number of hydrogen-bond acceptors (Lipinski definition) is 35. The van der Waals surface area contributed by atoms with Crippen molar-refractivity contribution in [2.24, 2.45) is 0 Å². The van der Waals surface area contributed by atoms with Crippen LogP contribution in [-0.4, -0.2) is 318 Å². The van der Waals surface area contributed by atoms with E-state index in [-0.39, 0.29) is 44.6 Å². The summed E-state index contributed by atoms with van der Waals surface area (Å²) in [5.41, 5.74) is -0.281. The molecule has 8 unspecified atom stereocenters. The number of carbonyl (C=O) groups is 8. The maximum Gasteiger partial charge on any atom is 0.333 e.